The van der Waals surface area contributed by atoms with Crippen molar-refractivity contribution in [1.82, 2.24) is 4.90 Å². The van der Waals surface area contributed by atoms with Crippen molar-refractivity contribution < 1.29 is 18.6 Å². The SMILES string of the molecule is COc1ccc(C2=CCN(C[C@H](O)c3cc(F)ccc3F)CC2)cc1. The van der Waals surface area contributed by atoms with Crippen LogP contribution in [0.1, 0.15) is 23.7 Å². The van der Waals surface area contributed by atoms with Crippen molar-refractivity contribution in [3.63, 3.8) is 0 Å². The molecular weight excluding hydrogens is 324 g/mol. The minimum atomic E-state index is -1.05. The van der Waals surface area contributed by atoms with E-state index in [0.717, 1.165) is 42.5 Å². The number of β-amino-alcohol motifs (C(OH)–C–C–N with tert-alkyl or cyclic N) is 1. The Bertz CT molecular complexity index is 759. The number of benzene rings is 2. The van der Waals surface area contributed by atoms with Gasteiger partial charge in [0.25, 0.3) is 0 Å². The van der Waals surface area contributed by atoms with Crippen molar-refractivity contribution in [1.29, 1.82) is 0 Å². The van der Waals surface area contributed by atoms with E-state index in [1.807, 2.05) is 29.2 Å². The monoisotopic (exact) mass is 345 g/mol. The summed E-state index contributed by atoms with van der Waals surface area (Å²) in [6, 6.07) is 11.1. The van der Waals surface area contributed by atoms with Crippen LogP contribution in [0.25, 0.3) is 5.57 Å². The van der Waals surface area contributed by atoms with Crippen molar-refractivity contribution in [3.05, 3.63) is 71.3 Å². The van der Waals surface area contributed by atoms with E-state index in [0.29, 0.717) is 6.54 Å². The Kier molecular flexibility index (Phi) is 5.46. The number of nitrogens with zero attached hydrogens (tertiary/aromatic N) is 1. The summed E-state index contributed by atoms with van der Waals surface area (Å²) in [5.41, 5.74) is 2.40. The minimum absolute atomic E-state index is 0.00457. The van der Waals surface area contributed by atoms with Gasteiger partial charge in [-0.2, -0.15) is 0 Å². The number of rotatable bonds is 5. The van der Waals surface area contributed by atoms with Crippen LogP contribution in [0, 0.1) is 11.6 Å². The van der Waals surface area contributed by atoms with Gasteiger partial charge in [-0.05, 0) is 47.9 Å². The number of aliphatic hydroxyl groups is 1. The Labute approximate surface area is 146 Å². The highest BCUT2D eigenvalue weighted by atomic mass is 19.1. The topological polar surface area (TPSA) is 32.7 Å². The number of hydrogen-bond acceptors (Lipinski definition) is 3. The highest BCUT2D eigenvalue weighted by Crippen LogP contribution is 2.26. The molecule has 25 heavy (non-hydrogen) atoms. The van der Waals surface area contributed by atoms with Crippen molar-refractivity contribution in [2.45, 2.75) is 12.5 Å². The van der Waals surface area contributed by atoms with Crippen molar-refractivity contribution in [2.24, 2.45) is 0 Å². The minimum Gasteiger partial charge on any atom is -0.497 e. The van der Waals surface area contributed by atoms with Gasteiger partial charge in [-0.1, -0.05) is 18.2 Å². The van der Waals surface area contributed by atoms with Crippen LogP contribution in [0.3, 0.4) is 0 Å². The first-order valence-electron chi connectivity index (χ1n) is 8.25. The molecule has 3 rings (SSSR count). The van der Waals surface area contributed by atoms with E-state index in [2.05, 4.69) is 6.08 Å². The van der Waals surface area contributed by atoms with E-state index >= 15 is 0 Å². The highest BCUT2D eigenvalue weighted by Gasteiger charge is 2.20. The fraction of sp³-hybridized carbons (Fsp3) is 0.300. The Hall–Kier alpha value is -2.24. The van der Waals surface area contributed by atoms with E-state index < -0.39 is 17.7 Å². The van der Waals surface area contributed by atoms with Crippen LogP contribution in [-0.4, -0.2) is 36.8 Å². The van der Waals surface area contributed by atoms with E-state index in [1.54, 1.807) is 7.11 Å². The van der Waals surface area contributed by atoms with Crippen LogP contribution in [-0.2, 0) is 0 Å². The Morgan fingerprint density at radius 3 is 2.56 bits per heavy atom. The summed E-state index contributed by atoms with van der Waals surface area (Å²) < 4.78 is 32.2. The molecule has 132 valence electrons. The second-order valence-electron chi connectivity index (χ2n) is 6.15. The molecule has 1 aliphatic rings. The molecule has 0 aliphatic carbocycles. The smallest absolute Gasteiger partial charge is 0.129 e. The third kappa shape index (κ3) is 4.24. The van der Waals surface area contributed by atoms with Gasteiger partial charge in [0.1, 0.15) is 17.4 Å². The molecule has 3 nitrogen and oxygen atoms in total. The van der Waals surface area contributed by atoms with Gasteiger partial charge in [0, 0.05) is 25.2 Å². The van der Waals surface area contributed by atoms with Crippen LogP contribution in [0.2, 0.25) is 0 Å². The summed E-state index contributed by atoms with van der Waals surface area (Å²) in [4.78, 5) is 2.03. The summed E-state index contributed by atoms with van der Waals surface area (Å²) in [6.07, 6.45) is 1.90. The first kappa shape index (κ1) is 17.6. The first-order valence-corrected chi connectivity index (χ1v) is 8.25. The third-order valence-electron chi connectivity index (χ3n) is 4.50. The van der Waals surface area contributed by atoms with Crippen LogP contribution < -0.4 is 4.74 Å². The predicted octanol–water partition coefficient (Wildman–Crippen LogP) is 3.80. The average Bonchev–Trinajstić information content (AvgIpc) is 2.64. The molecule has 2 aromatic carbocycles. The normalized spacial score (nSPS) is 16.4. The van der Waals surface area contributed by atoms with E-state index in [-0.39, 0.29) is 12.1 Å². The lowest BCUT2D eigenvalue weighted by molar-refractivity contribution is 0.115. The van der Waals surface area contributed by atoms with Crippen molar-refractivity contribution in [2.75, 3.05) is 26.7 Å². The van der Waals surface area contributed by atoms with E-state index in [4.69, 9.17) is 4.74 Å². The third-order valence-corrected chi connectivity index (χ3v) is 4.50. The van der Waals surface area contributed by atoms with Crippen LogP contribution >= 0.6 is 0 Å². The molecule has 0 unspecified atom stereocenters. The van der Waals surface area contributed by atoms with Gasteiger partial charge in [-0.15, -0.1) is 0 Å². The predicted molar refractivity (Wildman–Crippen MR) is 93.3 cm³/mol. The van der Waals surface area contributed by atoms with Gasteiger partial charge in [0.2, 0.25) is 0 Å². The molecule has 0 saturated carbocycles. The molecule has 1 atom stereocenters. The molecule has 1 N–H and O–H groups in total. The fourth-order valence-corrected chi connectivity index (χ4v) is 3.06. The maximum Gasteiger partial charge on any atom is 0.129 e. The molecule has 0 spiro atoms. The molecule has 2 aromatic rings. The maximum absolute atomic E-state index is 13.8. The van der Waals surface area contributed by atoms with E-state index in [9.17, 15) is 13.9 Å². The fourth-order valence-electron chi connectivity index (χ4n) is 3.06. The number of ether oxygens (including phenoxy) is 1. The molecule has 1 aliphatic heterocycles. The lowest BCUT2D eigenvalue weighted by Gasteiger charge is -2.28. The lowest BCUT2D eigenvalue weighted by atomic mass is 9.99. The largest absolute Gasteiger partial charge is 0.497 e. The lowest BCUT2D eigenvalue weighted by Crippen LogP contribution is -2.32. The number of hydrogen-bond donors (Lipinski definition) is 1. The second-order valence-corrected chi connectivity index (χ2v) is 6.15. The Balaban J connectivity index is 1.63. The van der Waals surface area contributed by atoms with Gasteiger partial charge < -0.3 is 9.84 Å². The molecule has 0 fully saturated rings. The molecule has 0 saturated heterocycles. The highest BCUT2D eigenvalue weighted by molar-refractivity contribution is 5.67. The number of halogens is 2. The zero-order valence-corrected chi connectivity index (χ0v) is 14.1. The number of aliphatic hydroxyl groups excluding tert-OH is 1. The molecule has 0 radical (unpaired) electrons. The van der Waals surface area contributed by atoms with Crippen molar-refractivity contribution in [3.8, 4) is 5.75 Å². The van der Waals surface area contributed by atoms with Crippen LogP contribution in [0.15, 0.2) is 48.5 Å². The average molecular weight is 345 g/mol. The van der Waals surface area contributed by atoms with Gasteiger partial charge in [-0.3, -0.25) is 4.90 Å². The van der Waals surface area contributed by atoms with E-state index in [1.165, 1.54) is 5.57 Å². The van der Waals surface area contributed by atoms with Crippen LogP contribution in [0.5, 0.6) is 5.75 Å². The van der Waals surface area contributed by atoms with Gasteiger partial charge >= 0.3 is 0 Å². The molecule has 0 amide bonds. The molecule has 5 heteroatoms. The Morgan fingerprint density at radius 2 is 1.92 bits per heavy atom. The summed E-state index contributed by atoms with van der Waals surface area (Å²) in [6.45, 7) is 1.69. The van der Waals surface area contributed by atoms with Gasteiger partial charge in [0.05, 0.1) is 13.2 Å². The van der Waals surface area contributed by atoms with Crippen molar-refractivity contribution >= 4 is 5.57 Å². The molecule has 1 heterocycles. The zero-order chi connectivity index (χ0) is 17.8. The molecule has 0 bridgehead atoms. The van der Waals surface area contributed by atoms with Gasteiger partial charge in [0.15, 0.2) is 0 Å². The summed E-state index contributed by atoms with van der Waals surface area (Å²) >= 11 is 0. The van der Waals surface area contributed by atoms with Crippen LogP contribution in [0.4, 0.5) is 8.78 Å². The number of methoxy groups -OCH3 is 1. The van der Waals surface area contributed by atoms with Gasteiger partial charge in [-0.25, -0.2) is 8.78 Å². The first-order chi connectivity index (χ1) is 12.1. The summed E-state index contributed by atoms with van der Waals surface area (Å²) in [7, 11) is 1.64. The zero-order valence-electron chi connectivity index (χ0n) is 14.1. The molecular formula is C20H21F2NO2. The second kappa shape index (κ2) is 7.76. The summed E-state index contributed by atoms with van der Waals surface area (Å²) in [5.74, 6) is -0.307. The standard InChI is InChI=1S/C20H21F2NO2/c1-25-17-5-2-14(3-6-17)15-8-10-23(11-9-15)13-20(24)18-12-16(21)4-7-19(18)22/h2-8,12,20,24H,9-11,13H2,1H3/t20-/m0/s1. The summed E-state index contributed by atoms with van der Waals surface area (Å²) in [5, 5.41) is 10.2. The quantitative estimate of drug-likeness (QED) is 0.895. The maximum atomic E-state index is 13.8. The Morgan fingerprint density at radius 1 is 1.16 bits per heavy atom. The molecule has 0 aromatic heterocycles.